The lowest BCUT2D eigenvalue weighted by Gasteiger charge is -2.27. The lowest BCUT2D eigenvalue weighted by Crippen LogP contribution is -2.37. The fraction of sp³-hybridized carbons (Fsp3) is 0.211. The molecule has 148 valence electrons. The zero-order valence-electron chi connectivity index (χ0n) is 15.5. The number of morpholine rings is 1. The topological polar surface area (TPSA) is 100 Å². The Morgan fingerprint density at radius 2 is 1.83 bits per heavy atom. The van der Waals surface area contributed by atoms with Crippen molar-refractivity contribution in [3.05, 3.63) is 59.4 Å². The minimum atomic E-state index is 0.332. The Bertz CT molecular complexity index is 962. The average Bonchev–Trinajstić information content (AvgIpc) is 2.77. The van der Waals surface area contributed by atoms with Crippen molar-refractivity contribution in [2.45, 2.75) is 0 Å². The first-order valence-corrected chi connectivity index (χ1v) is 9.44. The molecule has 2 N–H and O–H groups in total. The van der Waals surface area contributed by atoms with E-state index in [1.807, 2.05) is 29.2 Å². The van der Waals surface area contributed by atoms with Crippen molar-refractivity contribution in [3.8, 4) is 0 Å². The van der Waals surface area contributed by atoms with Gasteiger partial charge < -0.3 is 15.0 Å². The van der Waals surface area contributed by atoms with Crippen LogP contribution >= 0.6 is 11.6 Å². The van der Waals surface area contributed by atoms with Gasteiger partial charge in [0.05, 0.1) is 19.4 Å². The SMILES string of the molecule is Clc1ccc(Nc2nc(N/N=C\c3cccnc3)nc(N3CCOCC3)n2)cc1. The van der Waals surface area contributed by atoms with E-state index in [1.54, 1.807) is 30.7 Å². The van der Waals surface area contributed by atoms with Crippen molar-refractivity contribution in [2.75, 3.05) is 41.9 Å². The van der Waals surface area contributed by atoms with E-state index < -0.39 is 0 Å². The Kier molecular flexibility index (Phi) is 6.08. The third-order valence-electron chi connectivity index (χ3n) is 4.08. The lowest BCUT2D eigenvalue weighted by atomic mass is 10.3. The van der Waals surface area contributed by atoms with Gasteiger partial charge in [0, 0.05) is 41.8 Å². The van der Waals surface area contributed by atoms with E-state index in [1.165, 1.54) is 0 Å². The van der Waals surface area contributed by atoms with Crippen molar-refractivity contribution < 1.29 is 4.74 Å². The summed E-state index contributed by atoms with van der Waals surface area (Å²) in [5.74, 6) is 1.29. The second-order valence-electron chi connectivity index (χ2n) is 6.17. The van der Waals surface area contributed by atoms with E-state index >= 15 is 0 Å². The second kappa shape index (κ2) is 9.26. The molecule has 29 heavy (non-hydrogen) atoms. The standard InChI is InChI=1S/C19H19ClN8O/c20-15-3-5-16(6-4-15)23-17-24-18(27-22-13-14-2-1-7-21-12-14)26-19(25-17)28-8-10-29-11-9-28/h1-7,12-13H,8-11H2,(H2,23,24,25,26,27)/b22-13-. The summed E-state index contributed by atoms with van der Waals surface area (Å²) in [6.07, 6.45) is 5.07. The van der Waals surface area contributed by atoms with Crippen molar-refractivity contribution in [2.24, 2.45) is 5.10 Å². The molecule has 0 atom stereocenters. The molecule has 1 aliphatic heterocycles. The first kappa shape index (κ1) is 19.0. The summed E-state index contributed by atoms with van der Waals surface area (Å²) in [4.78, 5) is 19.6. The molecule has 1 aliphatic rings. The lowest BCUT2D eigenvalue weighted by molar-refractivity contribution is 0.122. The number of aromatic nitrogens is 4. The summed E-state index contributed by atoms with van der Waals surface area (Å²) in [5.41, 5.74) is 4.55. The first-order chi connectivity index (χ1) is 14.3. The molecule has 9 nitrogen and oxygen atoms in total. The third-order valence-corrected chi connectivity index (χ3v) is 4.33. The Morgan fingerprint density at radius 3 is 2.59 bits per heavy atom. The minimum absolute atomic E-state index is 0.332. The zero-order valence-corrected chi connectivity index (χ0v) is 16.3. The average molecular weight is 411 g/mol. The predicted molar refractivity (Wildman–Crippen MR) is 113 cm³/mol. The van der Waals surface area contributed by atoms with Gasteiger partial charge in [0.25, 0.3) is 0 Å². The summed E-state index contributed by atoms with van der Waals surface area (Å²) in [5, 5.41) is 8.04. The van der Waals surface area contributed by atoms with Crippen LogP contribution < -0.4 is 15.6 Å². The van der Waals surface area contributed by atoms with Crippen LogP contribution in [-0.4, -0.2) is 52.5 Å². The molecule has 2 aromatic heterocycles. The van der Waals surface area contributed by atoms with Gasteiger partial charge in [-0.1, -0.05) is 17.7 Å². The summed E-state index contributed by atoms with van der Waals surface area (Å²) in [6.45, 7) is 2.69. The van der Waals surface area contributed by atoms with Gasteiger partial charge in [0.2, 0.25) is 17.8 Å². The highest BCUT2D eigenvalue weighted by Gasteiger charge is 2.16. The van der Waals surface area contributed by atoms with Crippen molar-refractivity contribution in [3.63, 3.8) is 0 Å². The van der Waals surface area contributed by atoms with Crippen molar-refractivity contribution >= 4 is 41.3 Å². The smallest absolute Gasteiger partial charge is 0.250 e. The molecule has 1 aromatic carbocycles. The normalized spacial score (nSPS) is 14.2. The van der Waals surface area contributed by atoms with Gasteiger partial charge in [-0.3, -0.25) is 4.98 Å². The highest BCUT2D eigenvalue weighted by Crippen LogP contribution is 2.20. The van der Waals surface area contributed by atoms with Crippen LogP contribution in [0.2, 0.25) is 5.02 Å². The van der Waals surface area contributed by atoms with Crippen LogP contribution in [0, 0.1) is 0 Å². The van der Waals surface area contributed by atoms with E-state index in [0.717, 1.165) is 11.3 Å². The quantitative estimate of drug-likeness (QED) is 0.472. The highest BCUT2D eigenvalue weighted by molar-refractivity contribution is 6.30. The molecule has 0 amide bonds. The molecule has 0 bridgehead atoms. The Hall–Kier alpha value is -3.30. The number of benzene rings is 1. The molecule has 4 rings (SSSR count). The summed E-state index contributed by atoms with van der Waals surface area (Å²) in [6, 6.07) is 11.0. The Labute approximate surface area is 172 Å². The van der Waals surface area contributed by atoms with Crippen LogP contribution in [0.15, 0.2) is 53.9 Å². The van der Waals surface area contributed by atoms with Crippen molar-refractivity contribution in [1.82, 2.24) is 19.9 Å². The number of nitrogens with zero attached hydrogens (tertiary/aromatic N) is 6. The van der Waals surface area contributed by atoms with Gasteiger partial charge in [-0.05, 0) is 30.3 Å². The molecule has 3 aromatic rings. The Balaban J connectivity index is 1.56. The van der Waals surface area contributed by atoms with Crippen LogP contribution in [0.25, 0.3) is 0 Å². The molecule has 10 heteroatoms. The summed E-state index contributed by atoms with van der Waals surface area (Å²) in [7, 11) is 0. The molecule has 0 spiro atoms. The number of nitrogens with one attached hydrogen (secondary N) is 2. The van der Waals surface area contributed by atoms with E-state index in [2.05, 4.69) is 35.8 Å². The monoisotopic (exact) mass is 410 g/mol. The highest BCUT2D eigenvalue weighted by atomic mass is 35.5. The van der Waals surface area contributed by atoms with Gasteiger partial charge in [0.15, 0.2) is 0 Å². The number of rotatable bonds is 6. The van der Waals surface area contributed by atoms with Crippen LogP contribution in [0.4, 0.5) is 23.5 Å². The zero-order chi connectivity index (χ0) is 19.9. The number of hydrazone groups is 1. The number of anilines is 4. The Morgan fingerprint density at radius 1 is 1.03 bits per heavy atom. The summed E-state index contributed by atoms with van der Waals surface area (Å²) < 4.78 is 5.42. The molecule has 0 aliphatic carbocycles. The van der Waals surface area contributed by atoms with Gasteiger partial charge in [-0.15, -0.1) is 0 Å². The molecule has 0 radical (unpaired) electrons. The molecule has 1 saturated heterocycles. The molecule has 0 saturated carbocycles. The summed E-state index contributed by atoms with van der Waals surface area (Å²) >= 11 is 5.96. The maximum Gasteiger partial charge on any atom is 0.250 e. The fourth-order valence-corrected chi connectivity index (χ4v) is 2.78. The number of hydrogen-bond acceptors (Lipinski definition) is 9. The third kappa shape index (κ3) is 5.37. The maximum absolute atomic E-state index is 5.96. The number of halogens is 1. The van der Waals surface area contributed by atoms with E-state index in [0.29, 0.717) is 49.2 Å². The predicted octanol–water partition coefficient (Wildman–Crippen LogP) is 2.95. The van der Waals surface area contributed by atoms with Gasteiger partial charge in [-0.2, -0.15) is 20.1 Å². The van der Waals surface area contributed by atoms with Crippen LogP contribution in [0.3, 0.4) is 0 Å². The molecular weight excluding hydrogens is 392 g/mol. The van der Waals surface area contributed by atoms with Crippen molar-refractivity contribution in [1.29, 1.82) is 0 Å². The molecule has 1 fully saturated rings. The molecule has 3 heterocycles. The number of pyridine rings is 1. The molecular formula is C19H19ClN8O. The van der Waals surface area contributed by atoms with Gasteiger partial charge in [-0.25, -0.2) is 5.43 Å². The molecule has 0 unspecified atom stereocenters. The largest absolute Gasteiger partial charge is 0.378 e. The van der Waals surface area contributed by atoms with Gasteiger partial charge in [0.1, 0.15) is 0 Å². The van der Waals surface area contributed by atoms with E-state index in [4.69, 9.17) is 16.3 Å². The van der Waals surface area contributed by atoms with Crippen LogP contribution in [0.5, 0.6) is 0 Å². The maximum atomic E-state index is 5.96. The first-order valence-electron chi connectivity index (χ1n) is 9.07. The van der Waals surface area contributed by atoms with E-state index in [-0.39, 0.29) is 0 Å². The second-order valence-corrected chi connectivity index (χ2v) is 6.61. The van der Waals surface area contributed by atoms with E-state index in [9.17, 15) is 0 Å². The van der Waals surface area contributed by atoms with Gasteiger partial charge >= 0.3 is 0 Å². The fourth-order valence-electron chi connectivity index (χ4n) is 2.65. The number of hydrogen-bond donors (Lipinski definition) is 2. The minimum Gasteiger partial charge on any atom is -0.378 e. The number of ether oxygens (including phenoxy) is 1. The van der Waals surface area contributed by atoms with Crippen LogP contribution in [0.1, 0.15) is 5.56 Å². The van der Waals surface area contributed by atoms with Crippen LogP contribution in [-0.2, 0) is 4.74 Å².